The van der Waals surface area contributed by atoms with E-state index in [0.29, 0.717) is 11.5 Å². The molecule has 0 saturated carbocycles. The second-order valence-electron chi connectivity index (χ2n) is 6.73. The third-order valence-corrected chi connectivity index (χ3v) is 5.48. The lowest BCUT2D eigenvalue weighted by atomic mass is 10.1. The van der Waals surface area contributed by atoms with Crippen LogP contribution < -0.4 is 4.74 Å². The number of nitrogens with zero attached hydrogens (tertiary/aromatic N) is 2. The van der Waals surface area contributed by atoms with Crippen LogP contribution in [0, 0.1) is 0 Å². The Labute approximate surface area is 183 Å². The maximum Gasteiger partial charge on any atom is 0.303 e. The summed E-state index contributed by atoms with van der Waals surface area (Å²) in [4.78, 5) is 43.2. The second kappa shape index (κ2) is 10.3. The molecule has 0 spiro atoms. The van der Waals surface area contributed by atoms with E-state index in [4.69, 9.17) is 18.9 Å². The first kappa shape index (κ1) is 22.5. The van der Waals surface area contributed by atoms with Crippen LogP contribution in [0.15, 0.2) is 42.9 Å². The number of rotatable bonds is 6. The minimum absolute atomic E-state index is 0.294. The first-order valence-electron chi connectivity index (χ1n) is 9.50. The molecule has 9 nitrogen and oxygen atoms in total. The van der Waals surface area contributed by atoms with Crippen LogP contribution in [0.3, 0.4) is 0 Å². The van der Waals surface area contributed by atoms with Crippen LogP contribution in [0.5, 0.6) is 5.75 Å². The Morgan fingerprint density at radius 1 is 0.903 bits per heavy atom. The third-order valence-electron chi connectivity index (χ3n) is 4.27. The van der Waals surface area contributed by atoms with E-state index >= 15 is 0 Å². The molecule has 2 aromatic rings. The molecule has 0 aliphatic carbocycles. The van der Waals surface area contributed by atoms with Gasteiger partial charge in [-0.2, -0.15) is 0 Å². The van der Waals surface area contributed by atoms with Gasteiger partial charge >= 0.3 is 17.9 Å². The zero-order valence-electron chi connectivity index (χ0n) is 17.2. The summed E-state index contributed by atoms with van der Waals surface area (Å²) in [6.07, 6.45) is 2.16. The van der Waals surface area contributed by atoms with E-state index in [1.165, 1.54) is 32.5 Å². The monoisotopic (exact) mass is 446 g/mol. The maximum absolute atomic E-state index is 11.7. The molecule has 0 aromatic carbocycles. The summed E-state index contributed by atoms with van der Waals surface area (Å²) in [5.41, 5.74) is 0.953. The normalized spacial score (nSPS) is 22.8. The molecule has 31 heavy (non-hydrogen) atoms. The van der Waals surface area contributed by atoms with Crippen molar-refractivity contribution in [2.45, 2.75) is 44.5 Å². The number of hydrogen-bond acceptors (Lipinski definition) is 10. The van der Waals surface area contributed by atoms with Gasteiger partial charge in [-0.15, -0.1) is 11.8 Å². The minimum Gasteiger partial charge on any atom is -0.474 e. The fourth-order valence-electron chi connectivity index (χ4n) is 3.09. The predicted octanol–water partition coefficient (Wildman–Crippen LogP) is 2.39. The van der Waals surface area contributed by atoms with Gasteiger partial charge in [0, 0.05) is 44.5 Å². The molecular weight excluding hydrogens is 424 g/mol. The van der Waals surface area contributed by atoms with Crippen LogP contribution >= 0.6 is 11.8 Å². The van der Waals surface area contributed by atoms with Gasteiger partial charge in [-0.1, -0.05) is 0 Å². The summed E-state index contributed by atoms with van der Waals surface area (Å²) in [7, 11) is 0. The van der Waals surface area contributed by atoms with Gasteiger partial charge in [-0.05, 0) is 24.3 Å². The molecule has 4 atom stereocenters. The number of thioether (sulfide) groups is 1. The molecule has 1 aliphatic heterocycles. The Balaban J connectivity index is 1.80. The fourth-order valence-corrected chi connectivity index (χ4v) is 4.30. The fraction of sp³-hybridized carbons (Fsp3) is 0.381. The van der Waals surface area contributed by atoms with Gasteiger partial charge in [0.2, 0.25) is 0 Å². The number of hydrogen-bond donors (Lipinski definition) is 0. The highest BCUT2D eigenvalue weighted by Gasteiger charge is 2.47. The smallest absolute Gasteiger partial charge is 0.303 e. The molecule has 1 aliphatic rings. The van der Waals surface area contributed by atoms with Crippen LogP contribution in [0.4, 0.5) is 0 Å². The lowest BCUT2D eigenvalue weighted by Gasteiger charge is -2.39. The molecule has 0 radical (unpaired) electrons. The summed E-state index contributed by atoms with van der Waals surface area (Å²) in [6, 6.07) is 7.22. The zero-order valence-corrected chi connectivity index (χ0v) is 18.0. The number of esters is 3. The van der Waals surface area contributed by atoms with Crippen molar-refractivity contribution in [3.05, 3.63) is 42.9 Å². The molecule has 1 unspecified atom stereocenters. The summed E-state index contributed by atoms with van der Waals surface area (Å²) < 4.78 is 22.1. The molecule has 10 heteroatoms. The molecule has 3 rings (SSSR count). The Kier molecular flexibility index (Phi) is 7.45. The minimum atomic E-state index is -0.999. The first-order valence-corrected chi connectivity index (χ1v) is 10.5. The Morgan fingerprint density at radius 3 is 2.13 bits per heavy atom. The van der Waals surface area contributed by atoms with Gasteiger partial charge in [-0.3, -0.25) is 24.4 Å². The number of aromatic nitrogens is 2. The Hall–Kier alpha value is -3.14. The highest BCUT2D eigenvalue weighted by atomic mass is 32.2. The van der Waals surface area contributed by atoms with Crippen molar-refractivity contribution in [3.63, 3.8) is 0 Å². The molecular formula is C21H22N2O7S. The van der Waals surface area contributed by atoms with Crippen molar-refractivity contribution < 1.29 is 33.3 Å². The number of ether oxygens (including phenoxy) is 4. The van der Waals surface area contributed by atoms with Crippen molar-refractivity contribution in [1.82, 2.24) is 9.97 Å². The van der Waals surface area contributed by atoms with Crippen molar-refractivity contribution in [2.75, 3.05) is 5.75 Å². The SMILES string of the molecule is CC(=O)O[C@H]1[C@H](OC(C)=O)CSC(Oc2ccc(-c3ccncc3)nc2)[C@@H]1OC(C)=O. The summed E-state index contributed by atoms with van der Waals surface area (Å²) in [5.74, 6) is -0.957. The largest absolute Gasteiger partial charge is 0.474 e. The van der Waals surface area contributed by atoms with Crippen molar-refractivity contribution in [1.29, 1.82) is 0 Å². The predicted molar refractivity (Wildman–Crippen MR) is 111 cm³/mol. The van der Waals surface area contributed by atoms with E-state index < -0.39 is 41.7 Å². The van der Waals surface area contributed by atoms with E-state index in [1.807, 2.05) is 12.1 Å². The summed E-state index contributed by atoms with van der Waals surface area (Å²) >= 11 is 1.29. The van der Waals surface area contributed by atoms with E-state index in [0.717, 1.165) is 11.3 Å². The quantitative estimate of drug-likeness (QED) is 0.484. The van der Waals surface area contributed by atoms with Crippen molar-refractivity contribution in [2.24, 2.45) is 0 Å². The van der Waals surface area contributed by atoms with Crippen molar-refractivity contribution >= 4 is 29.7 Å². The van der Waals surface area contributed by atoms with Gasteiger partial charge in [0.25, 0.3) is 0 Å². The molecule has 2 aromatic heterocycles. The van der Waals surface area contributed by atoms with Gasteiger partial charge in [0.1, 0.15) is 5.75 Å². The Morgan fingerprint density at radius 2 is 1.55 bits per heavy atom. The lowest BCUT2D eigenvalue weighted by Crippen LogP contribution is -2.55. The number of carbonyl (C=O) groups is 3. The second-order valence-corrected chi connectivity index (χ2v) is 7.86. The van der Waals surface area contributed by atoms with E-state index in [9.17, 15) is 14.4 Å². The summed E-state index contributed by atoms with van der Waals surface area (Å²) in [5, 5.41) is 0. The molecule has 1 fully saturated rings. The van der Waals surface area contributed by atoms with Gasteiger partial charge < -0.3 is 18.9 Å². The van der Waals surface area contributed by atoms with Crippen LogP contribution in [0.25, 0.3) is 11.3 Å². The number of pyridine rings is 2. The van der Waals surface area contributed by atoms with Crippen LogP contribution in [-0.4, -0.2) is 57.4 Å². The molecule has 0 N–H and O–H groups in total. The zero-order chi connectivity index (χ0) is 22.4. The highest BCUT2D eigenvalue weighted by Crippen LogP contribution is 2.34. The standard InChI is InChI=1S/C21H22N2O7S/c1-12(24)27-18-11-31-21(20(29-14(3)26)19(18)28-13(2)25)30-16-4-5-17(23-10-16)15-6-8-22-9-7-15/h4-10,18-21H,11H2,1-3H3/t18-,19+,20-,21?/m1/s1. The van der Waals surface area contributed by atoms with E-state index in [1.54, 1.807) is 30.7 Å². The van der Waals surface area contributed by atoms with Crippen LogP contribution in [-0.2, 0) is 28.6 Å². The summed E-state index contributed by atoms with van der Waals surface area (Å²) in [6.45, 7) is 3.73. The van der Waals surface area contributed by atoms with E-state index in [-0.39, 0.29) is 0 Å². The average molecular weight is 446 g/mol. The average Bonchev–Trinajstić information content (AvgIpc) is 2.72. The van der Waals surface area contributed by atoms with Crippen LogP contribution in [0.2, 0.25) is 0 Å². The Bertz CT molecular complexity index is 923. The molecule has 1 saturated heterocycles. The highest BCUT2D eigenvalue weighted by molar-refractivity contribution is 7.99. The molecule has 164 valence electrons. The first-order chi connectivity index (χ1) is 14.8. The van der Waals surface area contributed by atoms with Gasteiger partial charge in [-0.25, -0.2) is 0 Å². The van der Waals surface area contributed by atoms with E-state index in [2.05, 4.69) is 9.97 Å². The molecule has 0 amide bonds. The van der Waals surface area contributed by atoms with Crippen molar-refractivity contribution in [3.8, 4) is 17.0 Å². The maximum atomic E-state index is 11.7. The topological polar surface area (TPSA) is 114 Å². The third kappa shape index (κ3) is 6.17. The molecule has 3 heterocycles. The number of carbonyl (C=O) groups excluding carboxylic acids is 3. The van der Waals surface area contributed by atoms with Gasteiger partial charge in [0.15, 0.2) is 23.7 Å². The molecule has 0 bridgehead atoms. The lowest BCUT2D eigenvalue weighted by molar-refractivity contribution is -0.186. The van der Waals surface area contributed by atoms with Crippen LogP contribution in [0.1, 0.15) is 20.8 Å². The van der Waals surface area contributed by atoms with Gasteiger partial charge in [0.05, 0.1) is 11.9 Å².